The lowest BCUT2D eigenvalue weighted by Crippen LogP contribution is -2.17. The quantitative estimate of drug-likeness (QED) is 0.551. The van der Waals surface area contributed by atoms with Gasteiger partial charge in [-0.1, -0.05) is 0 Å². The summed E-state index contributed by atoms with van der Waals surface area (Å²) in [6.07, 6.45) is 3.27. The number of rotatable bonds is 4. The number of thiophene rings is 1. The molecule has 126 valence electrons. The second kappa shape index (κ2) is 6.37. The van der Waals surface area contributed by atoms with Crippen molar-refractivity contribution in [2.45, 2.75) is 13.5 Å². The standard InChI is InChI=1S/C15H12BrN7OS/c1-9-2-4-17-15-20-13(21-23(9)15)14(24)19-12-3-5-18-22(12)7-11-6-10(16)8-25-11/h2-6,8H,7H2,1H3,(H,19,24). The first kappa shape index (κ1) is 15.9. The lowest BCUT2D eigenvalue weighted by molar-refractivity contribution is 0.101. The van der Waals surface area contributed by atoms with Crippen molar-refractivity contribution < 1.29 is 4.79 Å². The number of nitrogens with zero attached hydrogens (tertiary/aromatic N) is 6. The zero-order chi connectivity index (χ0) is 17.4. The summed E-state index contributed by atoms with van der Waals surface area (Å²) < 4.78 is 4.28. The van der Waals surface area contributed by atoms with E-state index in [2.05, 4.69) is 41.4 Å². The predicted molar refractivity (Wildman–Crippen MR) is 96.8 cm³/mol. The molecule has 4 aromatic heterocycles. The molecule has 0 radical (unpaired) electrons. The molecule has 0 aliphatic heterocycles. The third kappa shape index (κ3) is 3.17. The number of fused-ring (bicyclic) bond motifs is 1. The molecule has 10 heteroatoms. The van der Waals surface area contributed by atoms with Gasteiger partial charge in [0.25, 0.3) is 11.7 Å². The number of anilines is 1. The first-order valence-electron chi connectivity index (χ1n) is 7.34. The Hall–Kier alpha value is -2.59. The second-order valence-electron chi connectivity index (χ2n) is 5.29. The molecular weight excluding hydrogens is 406 g/mol. The van der Waals surface area contributed by atoms with E-state index in [1.165, 1.54) is 4.52 Å². The molecular formula is C15H12BrN7OS. The minimum atomic E-state index is -0.404. The second-order valence-corrected chi connectivity index (χ2v) is 7.20. The third-order valence-electron chi connectivity index (χ3n) is 3.52. The van der Waals surface area contributed by atoms with Crippen LogP contribution in [-0.2, 0) is 6.54 Å². The van der Waals surface area contributed by atoms with E-state index in [0.29, 0.717) is 18.1 Å². The minimum absolute atomic E-state index is 0.0634. The number of amides is 1. The number of aromatic nitrogens is 6. The number of aryl methyl sites for hydroxylation is 1. The molecule has 0 aromatic carbocycles. The number of carbonyl (C=O) groups is 1. The number of carbonyl (C=O) groups excluding carboxylic acids is 1. The van der Waals surface area contributed by atoms with Crippen LogP contribution in [0.4, 0.5) is 5.82 Å². The van der Waals surface area contributed by atoms with E-state index >= 15 is 0 Å². The normalized spacial score (nSPS) is 11.1. The summed E-state index contributed by atoms with van der Waals surface area (Å²) in [5.41, 5.74) is 0.852. The maximum absolute atomic E-state index is 12.5. The molecule has 4 aromatic rings. The largest absolute Gasteiger partial charge is 0.304 e. The Labute approximate surface area is 154 Å². The van der Waals surface area contributed by atoms with Gasteiger partial charge in [0.2, 0.25) is 5.82 Å². The van der Waals surface area contributed by atoms with Crippen LogP contribution < -0.4 is 5.32 Å². The highest BCUT2D eigenvalue weighted by atomic mass is 79.9. The van der Waals surface area contributed by atoms with E-state index in [-0.39, 0.29) is 5.82 Å². The molecule has 1 N–H and O–H groups in total. The molecule has 0 aliphatic carbocycles. The molecule has 0 aliphatic rings. The van der Waals surface area contributed by atoms with Crippen molar-refractivity contribution >= 4 is 44.8 Å². The average Bonchev–Trinajstić information content (AvgIpc) is 3.29. The Bertz CT molecular complexity index is 1070. The lowest BCUT2D eigenvalue weighted by atomic mass is 10.4. The van der Waals surface area contributed by atoms with Gasteiger partial charge in [-0.25, -0.2) is 14.2 Å². The van der Waals surface area contributed by atoms with Crippen LogP contribution >= 0.6 is 27.3 Å². The zero-order valence-electron chi connectivity index (χ0n) is 13.0. The van der Waals surface area contributed by atoms with Gasteiger partial charge in [-0.05, 0) is 35.0 Å². The highest BCUT2D eigenvalue weighted by Gasteiger charge is 2.16. The van der Waals surface area contributed by atoms with Gasteiger partial charge in [0.1, 0.15) is 5.82 Å². The Morgan fingerprint density at radius 2 is 2.24 bits per heavy atom. The van der Waals surface area contributed by atoms with Crippen LogP contribution in [0.25, 0.3) is 5.78 Å². The van der Waals surface area contributed by atoms with Gasteiger partial charge in [0.05, 0.1) is 12.7 Å². The maximum Gasteiger partial charge on any atom is 0.296 e. The van der Waals surface area contributed by atoms with Crippen molar-refractivity contribution in [1.82, 2.24) is 29.4 Å². The number of halogens is 1. The zero-order valence-corrected chi connectivity index (χ0v) is 15.5. The summed E-state index contributed by atoms with van der Waals surface area (Å²) in [4.78, 5) is 21.9. The fraction of sp³-hybridized carbons (Fsp3) is 0.133. The van der Waals surface area contributed by atoms with Crippen LogP contribution in [0, 0.1) is 6.92 Å². The molecule has 0 fully saturated rings. The van der Waals surface area contributed by atoms with E-state index in [1.807, 2.05) is 18.4 Å². The minimum Gasteiger partial charge on any atom is -0.304 e. The van der Waals surface area contributed by atoms with E-state index < -0.39 is 5.91 Å². The highest BCUT2D eigenvalue weighted by Crippen LogP contribution is 2.21. The molecule has 0 saturated heterocycles. The van der Waals surface area contributed by atoms with E-state index in [1.54, 1.807) is 40.5 Å². The van der Waals surface area contributed by atoms with Gasteiger partial charge in [-0.2, -0.15) is 10.1 Å². The van der Waals surface area contributed by atoms with Crippen molar-refractivity contribution in [3.8, 4) is 0 Å². The topological polar surface area (TPSA) is 90.0 Å². The fourth-order valence-electron chi connectivity index (χ4n) is 2.32. The van der Waals surface area contributed by atoms with Crippen molar-refractivity contribution in [2.24, 2.45) is 0 Å². The smallest absolute Gasteiger partial charge is 0.296 e. The maximum atomic E-state index is 12.5. The molecule has 0 bridgehead atoms. The first-order valence-corrected chi connectivity index (χ1v) is 9.02. The molecule has 0 spiro atoms. The number of hydrogen-bond acceptors (Lipinski definition) is 6. The molecule has 4 rings (SSSR count). The van der Waals surface area contributed by atoms with Crippen LogP contribution in [0.3, 0.4) is 0 Å². The van der Waals surface area contributed by atoms with Crippen molar-refractivity contribution in [3.63, 3.8) is 0 Å². The number of nitrogens with one attached hydrogen (secondary N) is 1. The van der Waals surface area contributed by atoms with Crippen LogP contribution in [0.1, 0.15) is 21.2 Å². The summed E-state index contributed by atoms with van der Waals surface area (Å²) in [5.74, 6) is 0.632. The fourth-order valence-corrected chi connectivity index (χ4v) is 3.76. The Kier molecular flexibility index (Phi) is 4.06. The Morgan fingerprint density at radius 1 is 1.36 bits per heavy atom. The SMILES string of the molecule is Cc1ccnc2nc(C(=O)Nc3ccnn3Cc3cc(Br)cs3)nn12. The molecule has 4 heterocycles. The molecule has 0 unspecified atom stereocenters. The summed E-state index contributed by atoms with van der Waals surface area (Å²) in [5, 5.41) is 13.3. The van der Waals surface area contributed by atoms with Crippen molar-refractivity contribution in [2.75, 3.05) is 5.32 Å². The van der Waals surface area contributed by atoms with Crippen LogP contribution in [0.2, 0.25) is 0 Å². The first-order chi connectivity index (χ1) is 12.1. The van der Waals surface area contributed by atoms with Crippen LogP contribution in [0.15, 0.2) is 40.4 Å². The lowest BCUT2D eigenvalue weighted by Gasteiger charge is -2.06. The highest BCUT2D eigenvalue weighted by molar-refractivity contribution is 9.10. The van der Waals surface area contributed by atoms with E-state index in [4.69, 9.17) is 0 Å². The van der Waals surface area contributed by atoms with Gasteiger partial charge < -0.3 is 5.32 Å². The summed E-state index contributed by atoms with van der Waals surface area (Å²) >= 11 is 5.05. The van der Waals surface area contributed by atoms with Gasteiger partial charge in [0.15, 0.2) is 0 Å². The predicted octanol–water partition coefficient (Wildman–Crippen LogP) is 2.75. The average molecular weight is 418 g/mol. The Morgan fingerprint density at radius 3 is 3.00 bits per heavy atom. The summed E-state index contributed by atoms with van der Waals surface area (Å²) in [6, 6.07) is 5.56. The van der Waals surface area contributed by atoms with E-state index in [9.17, 15) is 4.79 Å². The summed E-state index contributed by atoms with van der Waals surface area (Å²) in [6.45, 7) is 2.44. The number of hydrogen-bond donors (Lipinski definition) is 1. The van der Waals surface area contributed by atoms with Gasteiger partial charge in [-0.15, -0.1) is 16.4 Å². The van der Waals surface area contributed by atoms with Crippen LogP contribution in [0.5, 0.6) is 0 Å². The molecule has 0 saturated carbocycles. The van der Waals surface area contributed by atoms with Crippen molar-refractivity contribution in [1.29, 1.82) is 0 Å². The summed E-state index contributed by atoms with van der Waals surface area (Å²) in [7, 11) is 0. The Balaban J connectivity index is 1.56. The molecule has 8 nitrogen and oxygen atoms in total. The van der Waals surface area contributed by atoms with E-state index in [0.717, 1.165) is 15.0 Å². The van der Waals surface area contributed by atoms with Gasteiger partial charge >= 0.3 is 0 Å². The van der Waals surface area contributed by atoms with Crippen molar-refractivity contribution in [3.05, 3.63) is 56.8 Å². The monoisotopic (exact) mass is 417 g/mol. The molecule has 25 heavy (non-hydrogen) atoms. The van der Waals surface area contributed by atoms with Crippen LogP contribution in [-0.4, -0.2) is 35.3 Å². The third-order valence-corrected chi connectivity index (χ3v) is 5.20. The molecule has 1 amide bonds. The van der Waals surface area contributed by atoms with Gasteiger partial charge in [0, 0.05) is 32.7 Å². The van der Waals surface area contributed by atoms with Gasteiger partial charge in [-0.3, -0.25) is 4.79 Å². The molecule has 0 atom stereocenters.